The van der Waals surface area contributed by atoms with Gasteiger partial charge in [-0.3, -0.25) is 9.59 Å². The number of rotatable bonds is 6. The predicted molar refractivity (Wildman–Crippen MR) is 111 cm³/mol. The number of nitrogens with zero attached hydrogens (tertiary/aromatic N) is 1. The molecule has 0 unspecified atom stereocenters. The molecule has 1 aromatic rings. The predicted octanol–water partition coefficient (Wildman–Crippen LogP) is 4.26. The summed E-state index contributed by atoms with van der Waals surface area (Å²) in [5.74, 6) is -2.61. The average Bonchev–Trinajstić information content (AvgIpc) is 2.75. The second kappa shape index (κ2) is 9.69. The van der Waals surface area contributed by atoms with Gasteiger partial charge < -0.3 is 15.0 Å². The summed E-state index contributed by atoms with van der Waals surface area (Å²) < 4.78 is 33.7. The topological polar surface area (TPSA) is 58.6 Å². The van der Waals surface area contributed by atoms with Crippen molar-refractivity contribution in [1.29, 1.82) is 0 Å². The number of ether oxygens (including phenoxy) is 1. The number of halogens is 4. The Bertz CT molecular complexity index is 743. The molecule has 0 bridgehead atoms. The van der Waals surface area contributed by atoms with Crippen LogP contribution in [0.15, 0.2) is 24.3 Å². The first kappa shape index (κ1) is 23.1. The molecule has 0 radical (unpaired) electrons. The summed E-state index contributed by atoms with van der Waals surface area (Å²) in [6.45, 7) is 1.52. The fourth-order valence-electron chi connectivity index (χ4n) is 4.04. The van der Waals surface area contributed by atoms with Crippen molar-refractivity contribution in [3.63, 3.8) is 0 Å². The number of hydrogen-bond donors (Lipinski definition) is 1. The van der Waals surface area contributed by atoms with Crippen LogP contribution in [0.4, 0.5) is 8.78 Å². The molecule has 0 atom stereocenters. The molecule has 2 fully saturated rings. The van der Waals surface area contributed by atoms with Crippen molar-refractivity contribution >= 4 is 35.0 Å². The maximum atomic E-state index is 13.8. The fraction of sp³-hybridized carbons (Fsp3) is 0.619. The number of alkyl halides is 3. The van der Waals surface area contributed by atoms with Crippen LogP contribution in [0.1, 0.15) is 38.5 Å². The maximum absolute atomic E-state index is 13.8. The van der Waals surface area contributed by atoms with Crippen LogP contribution in [0.25, 0.3) is 0 Å². The van der Waals surface area contributed by atoms with E-state index >= 15 is 0 Å². The summed E-state index contributed by atoms with van der Waals surface area (Å²) in [6.07, 6.45) is 0.615. The molecule has 1 saturated carbocycles. The van der Waals surface area contributed by atoms with Gasteiger partial charge in [-0.25, -0.2) is 8.78 Å². The monoisotopic (exact) mass is 462 g/mol. The molecule has 166 valence electrons. The van der Waals surface area contributed by atoms with Gasteiger partial charge in [-0.05, 0) is 43.0 Å². The molecule has 3 rings (SSSR count). The Hall–Kier alpha value is -1.60. The van der Waals surface area contributed by atoms with E-state index in [2.05, 4.69) is 5.32 Å². The number of nitrogens with one attached hydrogen (secondary N) is 1. The van der Waals surface area contributed by atoms with E-state index in [-0.39, 0.29) is 49.3 Å². The fourth-order valence-corrected chi connectivity index (χ4v) is 4.26. The molecule has 1 saturated heterocycles. The van der Waals surface area contributed by atoms with E-state index in [4.69, 9.17) is 27.9 Å². The maximum Gasteiger partial charge on any atom is 0.266 e. The highest BCUT2D eigenvalue weighted by molar-refractivity contribution is 6.30. The van der Waals surface area contributed by atoms with Crippen molar-refractivity contribution in [3.8, 4) is 5.75 Å². The molecule has 0 spiro atoms. The van der Waals surface area contributed by atoms with Gasteiger partial charge in [0.2, 0.25) is 11.8 Å². The summed E-state index contributed by atoms with van der Waals surface area (Å²) >= 11 is 11.4. The van der Waals surface area contributed by atoms with Crippen molar-refractivity contribution < 1.29 is 23.1 Å². The van der Waals surface area contributed by atoms with Crippen LogP contribution in [0.3, 0.4) is 0 Å². The normalized spacial score (nSPS) is 21.1. The van der Waals surface area contributed by atoms with Crippen LogP contribution in [0.2, 0.25) is 5.02 Å². The Kier molecular flexibility index (Phi) is 7.45. The summed E-state index contributed by atoms with van der Waals surface area (Å²) in [5.41, 5.74) is -1.30. The molecular weight excluding hydrogens is 437 g/mol. The minimum atomic E-state index is -2.78. The molecule has 9 heteroatoms. The van der Waals surface area contributed by atoms with Gasteiger partial charge in [-0.15, -0.1) is 11.6 Å². The van der Waals surface area contributed by atoms with Gasteiger partial charge in [-0.2, -0.15) is 0 Å². The molecule has 1 aliphatic heterocycles. The molecule has 1 N–H and O–H groups in total. The van der Waals surface area contributed by atoms with Crippen LogP contribution >= 0.6 is 23.2 Å². The Morgan fingerprint density at radius 3 is 2.27 bits per heavy atom. The highest BCUT2D eigenvalue weighted by Gasteiger charge is 2.51. The zero-order chi connectivity index (χ0) is 21.8. The number of amides is 2. The second-order valence-electron chi connectivity index (χ2n) is 8.08. The number of piperidine rings is 1. The van der Waals surface area contributed by atoms with E-state index in [0.29, 0.717) is 30.4 Å². The van der Waals surface area contributed by atoms with Crippen molar-refractivity contribution in [2.24, 2.45) is 5.92 Å². The SMILES string of the molecule is O=C(CCl)NCC1CCN(C(=O)C2(Oc3ccc(Cl)cc3)CCC(F)(F)CC2)CC1. The zero-order valence-corrected chi connectivity index (χ0v) is 18.2. The van der Waals surface area contributed by atoms with Crippen molar-refractivity contribution in [2.75, 3.05) is 25.5 Å². The largest absolute Gasteiger partial charge is 0.477 e. The van der Waals surface area contributed by atoms with Crippen LogP contribution in [0.5, 0.6) is 5.75 Å². The Labute approximate surface area is 185 Å². The lowest BCUT2D eigenvalue weighted by Gasteiger charge is -2.43. The minimum absolute atomic E-state index is 0.0346. The van der Waals surface area contributed by atoms with Gasteiger partial charge in [0.25, 0.3) is 5.91 Å². The van der Waals surface area contributed by atoms with E-state index in [1.54, 1.807) is 29.2 Å². The van der Waals surface area contributed by atoms with Crippen LogP contribution in [-0.4, -0.2) is 53.8 Å². The van der Waals surface area contributed by atoms with E-state index in [9.17, 15) is 18.4 Å². The van der Waals surface area contributed by atoms with Crippen LogP contribution in [0, 0.1) is 5.92 Å². The number of hydrogen-bond acceptors (Lipinski definition) is 3. The number of likely N-dealkylation sites (tertiary alicyclic amines) is 1. The van der Waals surface area contributed by atoms with Gasteiger partial charge in [0.15, 0.2) is 5.60 Å². The van der Waals surface area contributed by atoms with Gasteiger partial charge in [0, 0.05) is 50.3 Å². The quantitative estimate of drug-likeness (QED) is 0.642. The highest BCUT2D eigenvalue weighted by Crippen LogP contribution is 2.42. The van der Waals surface area contributed by atoms with Crippen molar-refractivity contribution in [3.05, 3.63) is 29.3 Å². The van der Waals surface area contributed by atoms with Crippen molar-refractivity contribution in [2.45, 2.75) is 50.0 Å². The van der Waals surface area contributed by atoms with E-state index in [1.807, 2.05) is 0 Å². The van der Waals surface area contributed by atoms with Gasteiger partial charge in [0.1, 0.15) is 11.6 Å². The smallest absolute Gasteiger partial charge is 0.266 e. The van der Waals surface area contributed by atoms with E-state index in [0.717, 1.165) is 12.8 Å². The van der Waals surface area contributed by atoms with Gasteiger partial charge >= 0.3 is 0 Å². The number of carbonyl (C=O) groups is 2. The van der Waals surface area contributed by atoms with Crippen molar-refractivity contribution in [1.82, 2.24) is 10.2 Å². The molecule has 1 heterocycles. The first-order chi connectivity index (χ1) is 14.2. The van der Waals surface area contributed by atoms with Gasteiger partial charge in [-0.1, -0.05) is 11.6 Å². The Balaban J connectivity index is 1.67. The summed E-state index contributed by atoms with van der Waals surface area (Å²) in [7, 11) is 0. The van der Waals surface area contributed by atoms with Crippen LogP contribution < -0.4 is 10.1 Å². The number of carbonyl (C=O) groups excluding carboxylic acids is 2. The third-order valence-electron chi connectivity index (χ3n) is 5.92. The molecule has 2 aliphatic rings. The lowest BCUT2D eigenvalue weighted by molar-refractivity contribution is -0.161. The Morgan fingerprint density at radius 1 is 1.10 bits per heavy atom. The van der Waals surface area contributed by atoms with E-state index < -0.39 is 11.5 Å². The highest BCUT2D eigenvalue weighted by atomic mass is 35.5. The third-order valence-corrected chi connectivity index (χ3v) is 6.41. The standard InChI is InChI=1S/C21H26Cl2F2N2O3/c22-13-18(28)26-14-15-5-11-27(12-6-15)19(29)20(7-9-21(24,25)10-8-20)30-17-3-1-16(23)2-4-17/h1-4,15H,5-14H2,(H,26,28). The molecule has 2 amide bonds. The lowest BCUT2D eigenvalue weighted by Crippen LogP contribution is -2.57. The van der Waals surface area contributed by atoms with E-state index in [1.165, 1.54) is 0 Å². The minimum Gasteiger partial charge on any atom is -0.477 e. The summed E-state index contributed by atoms with van der Waals surface area (Å²) in [4.78, 5) is 26.5. The zero-order valence-electron chi connectivity index (χ0n) is 16.6. The number of benzene rings is 1. The average molecular weight is 463 g/mol. The van der Waals surface area contributed by atoms with Gasteiger partial charge in [0.05, 0.1) is 0 Å². The van der Waals surface area contributed by atoms with Crippen LogP contribution in [-0.2, 0) is 9.59 Å². The Morgan fingerprint density at radius 2 is 1.70 bits per heavy atom. The molecule has 0 aromatic heterocycles. The first-order valence-electron chi connectivity index (χ1n) is 10.2. The molecular formula is C21H26Cl2F2N2O3. The second-order valence-corrected chi connectivity index (χ2v) is 8.78. The molecule has 1 aliphatic carbocycles. The summed E-state index contributed by atoms with van der Waals surface area (Å²) in [5, 5.41) is 3.30. The molecule has 30 heavy (non-hydrogen) atoms. The molecule has 1 aromatic carbocycles. The molecule has 5 nitrogen and oxygen atoms in total. The third kappa shape index (κ3) is 5.76. The lowest BCUT2D eigenvalue weighted by atomic mass is 9.80. The first-order valence-corrected chi connectivity index (χ1v) is 11.1. The summed E-state index contributed by atoms with van der Waals surface area (Å²) in [6, 6.07) is 6.59.